The number of carbonyl (C=O) groups excluding carboxylic acids is 3. The third-order valence-corrected chi connectivity index (χ3v) is 3.50. The van der Waals surface area contributed by atoms with Crippen LogP contribution in [0.15, 0.2) is 42.5 Å². The van der Waals surface area contributed by atoms with Crippen molar-refractivity contribution in [2.75, 3.05) is 10.6 Å². The van der Waals surface area contributed by atoms with Gasteiger partial charge < -0.3 is 16.4 Å². The van der Waals surface area contributed by atoms with Crippen molar-refractivity contribution in [1.29, 1.82) is 0 Å². The van der Waals surface area contributed by atoms with E-state index < -0.39 is 17.7 Å². The lowest BCUT2D eigenvalue weighted by Gasteiger charge is -2.11. The zero-order valence-electron chi connectivity index (χ0n) is 12.8. The Hall–Kier alpha value is -3.15. The molecule has 0 unspecified atom stereocenters. The summed E-state index contributed by atoms with van der Waals surface area (Å²) in [7, 11) is 0. The van der Waals surface area contributed by atoms with Gasteiger partial charge in [-0.3, -0.25) is 14.4 Å². The van der Waals surface area contributed by atoms with Gasteiger partial charge in [-0.15, -0.1) is 0 Å². The molecular weight excluding hydrogens is 294 g/mol. The minimum Gasteiger partial charge on any atom is -0.366 e. The van der Waals surface area contributed by atoms with Crippen molar-refractivity contribution in [3.63, 3.8) is 0 Å². The van der Waals surface area contributed by atoms with Crippen LogP contribution in [0.4, 0.5) is 11.4 Å². The van der Waals surface area contributed by atoms with Gasteiger partial charge in [0.1, 0.15) is 0 Å². The Morgan fingerprint density at radius 3 is 2.04 bits per heavy atom. The monoisotopic (exact) mass is 311 g/mol. The number of anilines is 2. The number of rotatable bonds is 3. The molecule has 0 saturated carbocycles. The largest absolute Gasteiger partial charge is 0.366 e. The van der Waals surface area contributed by atoms with Crippen LogP contribution in [0.2, 0.25) is 0 Å². The average Bonchev–Trinajstić information content (AvgIpc) is 2.52. The third-order valence-electron chi connectivity index (χ3n) is 3.50. The highest BCUT2D eigenvalue weighted by atomic mass is 16.2. The van der Waals surface area contributed by atoms with Gasteiger partial charge in [0.25, 0.3) is 5.91 Å². The topological polar surface area (TPSA) is 101 Å². The number of amides is 3. The molecule has 23 heavy (non-hydrogen) atoms. The van der Waals surface area contributed by atoms with Crippen LogP contribution in [0.1, 0.15) is 21.5 Å². The normalized spacial score (nSPS) is 10.0. The Balaban J connectivity index is 2.14. The molecule has 0 radical (unpaired) electrons. The summed E-state index contributed by atoms with van der Waals surface area (Å²) in [6.45, 7) is 3.76. The van der Waals surface area contributed by atoms with Gasteiger partial charge in [-0.2, -0.15) is 0 Å². The summed E-state index contributed by atoms with van der Waals surface area (Å²) < 4.78 is 0. The average molecular weight is 311 g/mol. The highest BCUT2D eigenvalue weighted by Crippen LogP contribution is 2.18. The molecule has 2 aromatic rings. The molecule has 0 fully saturated rings. The van der Waals surface area contributed by atoms with Gasteiger partial charge >= 0.3 is 11.8 Å². The molecule has 0 aliphatic rings. The van der Waals surface area contributed by atoms with E-state index in [2.05, 4.69) is 10.6 Å². The molecule has 0 bridgehead atoms. The van der Waals surface area contributed by atoms with Crippen LogP contribution < -0.4 is 16.4 Å². The summed E-state index contributed by atoms with van der Waals surface area (Å²) in [4.78, 5) is 35.4. The Morgan fingerprint density at radius 1 is 0.826 bits per heavy atom. The molecule has 0 spiro atoms. The quantitative estimate of drug-likeness (QED) is 0.755. The minimum atomic E-state index is -0.875. The molecule has 6 nitrogen and oxygen atoms in total. The first-order chi connectivity index (χ1) is 10.9. The molecule has 0 heterocycles. The maximum Gasteiger partial charge on any atom is 0.314 e. The lowest BCUT2D eigenvalue weighted by molar-refractivity contribution is -0.133. The second kappa shape index (κ2) is 6.74. The van der Waals surface area contributed by atoms with Crippen molar-refractivity contribution in [2.45, 2.75) is 13.8 Å². The molecule has 0 atom stereocenters. The fourth-order valence-electron chi connectivity index (χ4n) is 2.05. The number of aryl methyl sites for hydroxylation is 1. The fraction of sp³-hybridized carbons (Fsp3) is 0.118. The van der Waals surface area contributed by atoms with Crippen molar-refractivity contribution in [2.24, 2.45) is 5.73 Å². The van der Waals surface area contributed by atoms with Crippen molar-refractivity contribution >= 4 is 29.1 Å². The summed E-state index contributed by atoms with van der Waals surface area (Å²) >= 11 is 0. The smallest absolute Gasteiger partial charge is 0.314 e. The number of nitrogens with one attached hydrogen (secondary N) is 2. The molecule has 2 rings (SSSR count). The lowest BCUT2D eigenvalue weighted by atomic mass is 10.1. The number of hydrogen-bond donors (Lipinski definition) is 3. The third kappa shape index (κ3) is 3.74. The highest BCUT2D eigenvalue weighted by molar-refractivity contribution is 6.44. The van der Waals surface area contributed by atoms with Gasteiger partial charge in [0.15, 0.2) is 0 Å². The van der Waals surface area contributed by atoms with E-state index in [1.54, 1.807) is 24.3 Å². The van der Waals surface area contributed by atoms with Gasteiger partial charge in [0.2, 0.25) is 0 Å². The van der Waals surface area contributed by atoms with Crippen LogP contribution in [0, 0.1) is 13.8 Å². The van der Waals surface area contributed by atoms with E-state index in [0.29, 0.717) is 5.69 Å². The van der Waals surface area contributed by atoms with Crippen LogP contribution in [-0.2, 0) is 9.59 Å². The summed E-state index contributed by atoms with van der Waals surface area (Å²) in [5.41, 5.74) is 8.02. The molecule has 2 aromatic carbocycles. The van der Waals surface area contributed by atoms with Crippen LogP contribution in [-0.4, -0.2) is 17.7 Å². The van der Waals surface area contributed by atoms with Gasteiger partial charge in [0, 0.05) is 5.69 Å². The summed E-state index contributed by atoms with van der Waals surface area (Å²) in [5, 5.41) is 4.95. The Bertz CT molecular complexity index is 784. The van der Waals surface area contributed by atoms with Crippen LogP contribution in [0.5, 0.6) is 0 Å². The highest BCUT2D eigenvalue weighted by Gasteiger charge is 2.17. The van der Waals surface area contributed by atoms with E-state index in [4.69, 9.17) is 5.73 Å². The SMILES string of the molecule is Cc1cccc(NC(=O)C(=O)Nc2ccccc2C(N)=O)c1C. The molecular formula is C17H17N3O3. The Kier molecular flexibility index (Phi) is 4.75. The van der Waals surface area contributed by atoms with Gasteiger partial charge in [-0.1, -0.05) is 24.3 Å². The molecule has 0 saturated heterocycles. The number of hydrogen-bond acceptors (Lipinski definition) is 3. The van der Waals surface area contributed by atoms with E-state index in [1.807, 2.05) is 19.9 Å². The molecule has 6 heteroatoms. The zero-order chi connectivity index (χ0) is 17.0. The summed E-state index contributed by atoms with van der Waals surface area (Å²) in [6, 6.07) is 11.6. The number of benzene rings is 2. The van der Waals surface area contributed by atoms with Crippen LogP contribution in [0.3, 0.4) is 0 Å². The van der Waals surface area contributed by atoms with Gasteiger partial charge in [0.05, 0.1) is 11.3 Å². The van der Waals surface area contributed by atoms with Gasteiger partial charge in [-0.25, -0.2) is 0 Å². The van der Waals surface area contributed by atoms with Crippen LogP contribution in [0.25, 0.3) is 0 Å². The summed E-state index contributed by atoms with van der Waals surface area (Å²) in [6.07, 6.45) is 0. The number of carbonyl (C=O) groups is 3. The number of primary amides is 1. The first-order valence-corrected chi connectivity index (χ1v) is 6.97. The number of para-hydroxylation sites is 1. The predicted molar refractivity (Wildman–Crippen MR) is 88.1 cm³/mol. The zero-order valence-corrected chi connectivity index (χ0v) is 12.8. The Morgan fingerprint density at radius 2 is 1.39 bits per heavy atom. The van der Waals surface area contributed by atoms with Crippen LogP contribution >= 0.6 is 0 Å². The second-order valence-corrected chi connectivity index (χ2v) is 5.07. The van der Waals surface area contributed by atoms with E-state index >= 15 is 0 Å². The van der Waals surface area contributed by atoms with Crippen molar-refractivity contribution in [1.82, 2.24) is 0 Å². The maximum atomic E-state index is 12.0. The molecule has 4 N–H and O–H groups in total. The molecule has 0 aliphatic carbocycles. The molecule has 0 aliphatic heterocycles. The standard InChI is InChI=1S/C17H17N3O3/c1-10-6-5-9-13(11(10)2)19-16(22)17(23)20-14-8-4-3-7-12(14)15(18)21/h3-9H,1-2H3,(H2,18,21)(H,19,22)(H,20,23). The minimum absolute atomic E-state index is 0.139. The first-order valence-electron chi connectivity index (χ1n) is 6.97. The van der Waals surface area contributed by atoms with E-state index in [9.17, 15) is 14.4 Å². The van der Waals surface area contributed by atoms with Crippen molar-refractivity contribution in [3.8, 4) is 0 Å². The molecule has 0 aromatic heterocycles. The van der Waals surface area contributed by atoms with E-state index in [0.717, 1.165) is 11.1 Å². The fourth-order valence-corrected chi connectivity index (χ4v) is 2.05. The lowest BCUT2D eigenvalue weighted by Crippen LogP contribution is -2.30. The first kappa shape index (κ1) is 16.2. The maximum absolute atomic E-state index is 12.0. The summed E-state index contributed by atoms with van der Waals surface area (Å²) in [5.74, 6) is -2.38. The molecule has 3 amide bonds. The number of nitrogens with two attached hydrogens (primary N) is 1. The van der Waals surface area contributed by atoms with Crippen molar-refractivity contribution < 1.29 is 14.4 Å². The second-order valence-electron chi connectivity index (χ2n) is 5.07. The predicted octanol–water partition coefficient (Wildman–Crippen LogP) is 1.98. The Labute approximate surface area is 133 Å². The van der Waals surface area contributed by atoms with E-state index in [1.165, 1.54) is 12.1 Å². The van der Waals surface area contributed by atoms with Crippen molar-refractivity contribution in [3.05, 3.63) is 59.2 Å². The van der Waals surface area contributed by atoms with Gasteiger partial charge in [-0.05, 0) is 43.2 Å². The molecule has 118 valence electrons. The van der Waals surface area contributed by atoms with E-state index in [-0.39, 0.29) is 11.3 Å².